The lowest BCUT2D eigenvalue weighted by molar-refractivity contribution is 0.0730. The maximum atomic E-state index is 13.2. The molecule has 1 aromatic heterocycles. The van der Waals surface area contributed by atoms with Crippen LogP contribution in [0.15, 0.2) is 53.4 Å². The molecule has 1 fully saturated rings. The number of carbonyl (C=O) groups excluding carboxylic acids is 1. The van der Waals surface area contributed by atoms with E-state index in [1.54, 1.807) is 30.7 Å². The third kappa shape index (κ3) is 5.22. The van der Waals surface area contributed by atoms with Gasteiger partial charge in [0.05, 0.1) is 31.1 Å². The molecule has 1 N–H and O–H groups in total. The van der Waals surface area contributed by atoms with Crippen molar-refractivity contribution in [3.8, 4) is 0 Å². The maximum absolute atomic E-state index is 13.2. The summed E-state index contributed by atoms with van der Waals surface area (Å²) in [5.41, 5.74) is 4.80. The van der Waals surface area contributed by atoms with Crippen LogP contribution in [0.1, 0.15) is 38.4 Å². The van der Waals surface area contributed by atoms with Gasteiger partial charge >= 0.3 is 0 Å². The highest BCUT2D eigenvalue weighted by atomic mass is 32.2. The number of ether oxygens (including phenoxy) is 1. The summed E-state index contributed by atoms with van der Waals surface area (Å²) in [4.78, 5) is 12.8. The number of nitrogens with zero attached hydrogens (tertiary/aromatic N) is 3. The van der Waals surface area contributed by atoms with Crippen molar-refractivity contribution in [2.75, 3.05) is 26.3 Å². The Hall–Kier alpha value is -3.01. The monoisotopic (exact) mass is 482 g/mol. The van der Waals surface area contributed by atoms with Gasteiger partial charge in [0, 0.05) is 25.2 Å². The van der Waals surface area contributed by atoms with Gasteiger partial charge in [-0.1, -0.05) is 42.0 Å². The lowest BCUT2D eigenvalue weighted by Crippen LogP contribution is -2.41. The summed E-state index contributed by atoms with van der Waals surface area (Å²) in [6.45, 7) is 7.90. The van der Waals surface area contributed by atoms with Gasteiger partial charge in [-0.25, -0.2) is 8.42 Å². The van der Waals surface area contributed by atoms with E-state index in [-0.39, 0.29) is 10.8 Å². The number of hydrogen-bond acceptors (Lipinski definition) is 5. The number of benzene rings is 2. The van der Waals surface area contributed by atoms with Gasteiger partial charge in [-0.2, -0.15) is 9.40 Å². The fraction of sp³-hybridized carbons (Fsp3) is 0.360. The van der Waals surface area contributed by atoms with Crippen molar-refractivity contribution in [2.45, 2.75) is 38.8 Å². The fourth-order valence-corrected chi connectivity index (χ4v) is 5.83. The van der Waals surface area contributed by atoms with E-state index < -0.39 is 10.0 Å². The molecule has 0 spiro atoms. The van der Waals surface area contributed by atoms with E-state index in [9.17, 15) is 13.2 Å². The van der Waals surface area contributed by atoms with Crippen molar-refractivity contribution in [2.24, 2.45) is 0 Å². The van der Waals surface area contributed by atoms with Crippen LogP contribution in [0.25, 0.3) is 0 Å². The molecule has 1 saturated heterocycles. The third-order valence-corrected chi connectivity index (χ3v) is 8.16. The molecule has 34 heavy (non-hydrogen) atoms. The zero-order valence-electron chi connectivity index (χ0n) is 19.7. The number of hydrogen-bond donors (Lipinski definition) is 1. The van der Waals surface area contributed by atoms with Crippen LogP contribution in [0, 0.1) is 20.8 Å². The van der Waals surface area contributed by atoms with E-state index in [1.807, 2.05) is 43.3 Å². The smallest absolute Gasteiger partial charge is 0.251 e. The topological polar surface area (TPSA) is 93.5 Å². The van der Waals surface area contributed by atoms with Gasteiger partial charge in [0.1, 0.15) is 4.90 Å². The SMILES string of the molecule is Cc1ccc(CNC(=O)c2ccc(Cn3nc(C)c(S(=O)(=O)N4CCOCC4)c3C)cc2)cc1. The van der Waals surface area contributed by atoms with Crippen LogP contribution in [-0.2, 0) is 27.8 Å². The highest BCUT2D eigenvalue weighted by molar-refractivity contribution is 7.89. The minimum Gasteiger partial charge on any atom is -0.379 e. The lowest BCUT2D eigenvalue weighted by atomic mass is 10.1. The number of aromatic nitrogens is 2. The van der Waals surface area contributed by atoms with Crippen molar-refractivity contribution >= 4 is 15.9 Å². The van der Waals surface area contributed by atoms with Crippen LogP contribution in [0.4, 0.5) is 0 Å². The summed E-state index contributed by atoms with van der Waals surface area (Å²) < 4.78 is 34.8. The zero-order valence-corrected chi connectivity index (χ0v) is 20.6. The second kappa shape index (κ2) is 10.1. The average Bonchev–Trinajstić information content (AvgIpc) is 3.12. The molecule has 0 atom stereocenters. The predicted octanol–water partition coefficient (Wildman–Crippen LogP) is 2.81. The number of sulfonamides is 1. The van der Waals surface area contributed by atoms with Crippen LogP contribution in [0.2, 0.25) is 0 Å². The predicted molar refractivity (Wildman–Crippen MR) is 129 cm³/mol. The van der Waals surface area contributed by atoms with E-state index in [2.05, 4.69) is 10.4 Å². The summed E-state index contributed by atoms with van der Waals surface area (Å²) in [7, 11) is -3.63. The summed E-state index contributed by atoms with van der Waals surface area (Å²) in [6.07, 6.45) is 0. The molecule has 2 aromatic carbocycles. The summed E-state index contributed by atoms with van der Waals surface area (Å²) in [5, 5.41) is 7.43. The quantitative estimate of drug-likeness (QED) is 0.559. The van der Waals surface area contributed by atoms with Crippen LogP contribution < -0.4 is 5.32 Å². The summed E-state index contributed by atoms with van der Waals surface area (Å²) in [5.74, 6) is -0.142. The van der Waals surface area contributed by atoms with E-state index >= 15 is 0 Å². The Morgan fingerprint density at radius 1 is 0.971 bits per heavy atom. The molecule has 1 amide bonds. The van der Waals surface area contributed by atoms with Crippen LogP contribution >= 0.6 is 0 Å². The van der Waals surface area contributed by atoms with Crippen molar-refractivity contribution in [1.29, 1.82) is 0 Å². The number of rotatable bonds is 7. The molecular weight excluding hydrogens is 452 g/mol. The first-order valence-corrected chi connectivity index (χ1v) is 12.7. The Morgan fingerprint density at radius 2 is 1.59 bits per heavy atom. The minimum absolute atomic E-state index is 0.142. The van der Waals surface area contributed by atoms with Crippen molar-refractivity contribution < 1.29 is 17.9 Å². The van der Waals surface area contributed by atoms with Gasteiger partial charge in [0.25, 0.3) is 5.91 Å². The van der Waals surface area contributed by atoms with Crippen LogP contribution in [-0.4, -0.2) is 54.7 Å². The molecule has 0 unspecified atom stereocenters. The maximum Gasteiger partial charge on any atom is 0.251 e. The largest absolute Gasteiger partial charge is 0.379 e. The fourth-order valence-electron chi connectivity index (χ4n) is 4.05. The number of morpholine rings is 1. The Bertz CT molecular complexity index is 1260. The highest BCUT2D eigenvalue weighted by Gasteiger charge is 2.32. The Morgan fingerprint density at radius 3 is 2.24 bits per heavy atom. The number of carbonyl (C=O) groups is 1. The van der Waals surface area contributed by atoms with Gasteiger partial charge in [0.15, 0.2) is 0 Å². The molecule has 1 aliphatic rings. The zero-order chi connectivity index (χ0) is 24.3. The first-order valence-electron chi connectivity index (χ1n) is 11.3. The highest BCUT2D eigenvalue weighted by Crippen LogP contribution is 2.25. The molecule has 2 heterocycles. The molecule has 9 heteroatoms. The standard InChI is InChI=1S/C25H30N4O4S/c1-18-4-6-21(7-5-18)16-26-25(30)23-10-8-22(9-11-23)17-29-20(3)24(19(2)27-29)34(31,32)28-12-14-33-15-13-28/h4-11H,12-17H2,1-3H3,(H,26,30). The van der Waals surface area contributed by atoms with E-state index in [4.69, 9.17) is 4.74 Å². The van der Waals surface area contributed by atoms with E-state index in [0.717, 1.165) is 11.1 Å². The summed E-state index contributed by atoms with van der Waals surface area (Å²) in [6, 6.07) is 15.3. The number of amides is 1. The van der Waals surface area contributed by atoms with Gasteiger partial charge < -0.3 is 10.1 Å². The van der Waals surface area contributed by atoms with Crippen LogP contribution in [0.5, 0.6) is 0 Å². The molecule has 0 saturated carbocycles. The van der Waals surface area contributed by atoms with Gasteiger partial charge in [0.2, 0.25) is 10.0 Å². The lowest BCUT2D eigenvalue weighted by Gasteiger charge is -2.26. The average molecular weight is 483 g/mol. The molecule has 0 bridgehead atoms. The second-order valence-electron chi connectivity index (χ2n) is 8.54. The van der Waals surface area contributed by atoms with Gasteiger partial charge in [-0.3, -0.25) is 9.48 Å². The normalized spacial score (nSPS) is 14.8. The third-order valence-electron chi connectivity index (χ3n) is 6.01. The molecule has 0 aliphatic carbocycles. The van der Waals surface area contributed by atoms with E-state index in [1.165, 1.54) is 9.87 Å². The van der Waals surface area contributed by atoms with Gasteiger partial charge in [-0.15, -0.1) is 0 Å². The second-order valence-corrected chi connectivity index (χ2v) is 10.4. The molecule has 3 aromatic rings. The first kappa shape index (κ1) is 24.1. The number of nitrogens with one attached hydrogen (secondary N) is 1. The van der Waals surface area contributed by atoms with Crippen LogP contribution in [0.3, 0.4) is 0 Å². The Balaban J connectivity index is 1.43. The summed E-state index contributed by atoms with van der Waals surface area (Å²) >= 11 is 0. The Kier molecular flexibility index (Phi) is 7.16. The molecule has 1 aliphatic heterocycles. The van der Waals surface area contributed by atoms with Gasteiger partial charge in [-0.05, 0) is 44.0 Å². The molecular formula is C25H30N4O4S. The molecule has 4 rings (SSSR count). The molecule has 0 radical (unpaired) electrons. The number of aryl methyl sites for hydroxylation is 2. The Labute approximate surface area is 200 Å². The van der Waals surface area contributed by atoms with Crippen molar-refractivity contribution in [3.05, 3.63) is 82.2 Å². The first-order chi connectivity index (χ1) is 16.3. The van der Waals surface area contributed by atoms with E-state index in [0.29, 0.717) is 56.3 Å². The molecule has 8 nitrogen and oxygen atoms in total. The van der Waals surface area contributed by atoms with Crippen molar-refractivity contribution in [1.82, 2.24) is 19.4 Å². The minimum atomic E-state index is -3.63. The molecule has 180 valence electrons. The van der Waals surface area contributed by atoms with Crippen molar-refractivity contribution in [3.63, 3.8) is 0 Å².